The summed E-state index contributed by atoms with van der Waals surface area (Å²) in [5.74, 6) is -0.646. The van der Waals surface area contributed by atoms with Gasteiger partial charge in [-0.3, -0.25) is 14.5 Å². The third-order valence-electron chi connectivity index (χ3n) is 3.96. The fourth-order valence-corrected chi connectivity index (χ4v) is 3.10. The second-order valence-corrected chi connectivity index (χ2v) is 11.2. The van der Waals surface area contributed by atoms with Crippen molar-refractivity contribution in [2.45, 2.75) is 58.9 Å². The Balaban J connectivity index is 2.62. The van der Waals surface area contributed by atoms with E-state index in [9.17, 15) is 9.59 Å². The number of hydrogen-bond acceptors (Lipinski definition) is 3. The summed E-state index contributed by atoms with van der Waals surface area (Å²) in [6.07, 6.45) is -0.158. The Morgan fingerprint density at radius 3 is 2.28 bits per heavy atom. The lowest BCUT2D eigenvalue weighted by Gasteiger charge is -2.44. The maximum atomic E-state index is 11.8. The molecule has 5 heteroatoms. The zero-order chi connectivity index (χ0) is 14.3. The molecule has 103 valence electrons. The summed E-state index contributed by atoms with van der Waals surface area (Å²) in [7, 11) is -1.87. The molecule has 1 saturated heterocycles. The molecule has 0 N–H and O–H groups in total. The van der Waals surface area contributed by atoms with Crippen molar-refractivity contribution in [2.75, 3.05) is 0 Å². The van der Waals surface area contributed by atoms with Gasteiger partial charge in [0.1, 0.15) is 0 Å². The molecule has 1 unspecified atom stereocenters. The van der Waals surface area contributed by atoms with E-state index in [1.807, 2.05) is 6.92 Å². The number of amides is 2. The van der Waals surface area contributed by atoms with Gasteiger partial charge in [-0.05, 0) is 25.1 Å². The molecule has 1 fully saturated rings. The molecule has 1 aliphatic heterocycles. The van der Waals surface area contributed by atoms with Crippen molar-refractivity contribution in [1.82, 2.24) is 4.90 Å². The van der Waals surface area contributed by atoms with Gasteiger partial charge in [-0.2, -0.15) is 0 Å². The van der Waals surface area contributed by atoms with Gasteiger partial charge < -0.3 is 4.43 Å². The first-order chi connectivity index (χ1) is 7.97. The number of nitrogens with zero attached hydrogens (tertiary/aromatic N) is 1. The van der Waals surface area contributed by atoms with Crippen LogP contribution in [0.4, 0.5) is 0 Å². The molecule has 4 nitrogen and oxygen atoms in total. The molecule has 0 saturated carbocycles. The third-order valence-corrected chi connectivity index (χ3v) is 8.54. The van der Waals surface area contributed by atoms with Gasteiger partial charge >= 0.3 is 0 Å². The second kappa shape index (κ2) is 4.77. The highest BCUT2D eigenvalue weighted by Crippen LogP contribution is 2.39. The molecule has 0 spiro atoms. The Labute approximate surface area is 111 Å². The average molecular weight is 270 g/mol. The summed E-state index contributed by atoms with van der Waals surface area (Å²) < 4.78 is 6.15. The van der Waals surface area contributed by atoms with Crippen LogP contribution in [0.1, 0.15) is 34.6 Å². The van der Waals surface area contributed by atoms with Crippen molar-refractivity contribution >= 4 is 20.1 Å². The Morgan fingerprint density at radius 2 is 1.94 bits per heavy atom. The first-order valence-electron chi connectivity index (χ1n) is 6.34. The van der Waals surface area contributed by atoms with E-state index in [-0.39, 0.29) is 28.9 Å². The molecule has 2 atom stereocenters. The van der Waals surface area contributed by atoms with Gasteiger partial charge in [0.25, 0.3) is 0 Å². The molecule has 0 aromatic carbocycles. The quantitative estimate of drug-likeness (QED) is 0.585. The summed E-state index contributed by atoms with van der Waals surface area (Å²) >= 11 is 0. The Kier molecular flexibility index (Phi) is 4.08. The highest BCUT2D eigenvalue weighted by molar-refractivity contribution is 6.74. The lowest BCUT2D eigenvalue weighted by Crippen LogP contribution is -2.57. The van der Waals surface area contributed by atoms with E-state index in [0.717, 1.165) is 4.90 Å². The topological polar surface area (TPSA) is 46.6 Å². The Hall–Kier alpha value is -0.683. The van der Waals surface area contributed by atoms with Gasteiger partial charge in [0.05, 0.1) is 18.6 Å². The highest BCUT2D eigenvalue weighted by atomic mass is 28.4. The standard InChI is InChI=1S/C13H24NO3Si/c1-9(17-18(6,7)13(3,4)5)11-8-14(10(2)15)12(11)16/h8-9,11H,1-7H3/t9-,11?/m1/s1. The predicted molar refractivity (Wildman–Crippen MR) is 73.1 cm³/mol. The Morgan fingerprint density at radius 1 is 1.44 bits per heavy atom. The first-order valence-corrected chi connectivity index (χ1v) is 9.24. The summed E-state index contributed by atoms with van der Waals surface area (Å²) in [6, 6.07) is 0. The zero-order valence-electron chi connectivity index (χ0n) is 12.4. The number of rotatable bonds is 3. The van der Waals surface area contributed by atoms with Gasteiger partial charge in [-0.25, -0.2) is 0 Å². The van der Waals surface area contributed by atoms with Crippen molar-refractivity contribution in [3.8, 4) is 0 Å². The first kappa shape index (κ1) is 15.4. The minimum atomic E-state index is -1.87. The molecule has 1 aliphatic rings. The number of imide groups is 1. The van der Waals surface area contributed by atoms with Crippen LogP contribution in [0.15, 0.2) is 0 Å². The fourth-order valence-electron chi connectivity index (χ4n) is 1.67. The molecule has 0 bridgehead atoms. The van der Waals surface area contributed by atoms with Crippen LogP contribution in [0.2, 0.25) is 18.1 Å². The minimum Gasteiger partial charge on any atom is -0.413 e. The van der Waals surface area contributed by atoms with E-state index in [1.54, 1.807) is 6.54 Å². The molecule has 18 heavy (non-hydrogen) atoms. The third kappa shape index (κ3) is 2.83. The van der Waals surface area contributed by atoms with Crippen molar-refractivity contribution in [2.24, 2.45) is 5.92 Å². The zero-order valence-corrected chi connectivity index (χ0v) is 13.4. The molecular formula is C13H24NO3Si. The summed E-state index contributed by atoms with van der Waals surface area (Å²) in [5, 5.41) is 0.119. The lowest BCUT2D eigenvalue weighted by molar-refractivity contribution is -0.155. The van der Waals surface area contributed by atoms with Gasteiger partial charge in [-0.15, -0.1) is 0 Å². The predicted octanol–water partition coefficient (Wildman–Crippen LogP) is 2.56. The molecule has 1 rings (SSSR count). The molecule has 1 radical (unpaired) electrons. The monoisotopic (exact) mass is 270 g/mol. The van der Waals surface area contributed by atoms with E-state index in [1.165, 1.54) is 6.92 Å². The van der Waals surface area contributed by atoms with Crippen molar-refractivity contribution in [3.63, 3.8) is 0 Å². The smallest absolute Gasteiger partial charge is 0.237 e. The van der Waals surface area contributed by atoms with Gasteiger partial charge in [0.15, 0.2) is 8.32 Å². The van der Waals surface area contributed by atoms with Crippen LogP contribution in [0.5, 0.6) is 0 Å². The maximum Gasteiger partial charge on any atom is 0.237 e. The molecule has 0 aromatic heterocycles. The maximum absolute atomic E-state index is 11.8. The van der Waals surface area contributed by atoms with Crippen LogP contribution in [0.3, 0.4) is 0 Å². The number of hydrogen-bond donors (Lipinski definition) is 0. The number of β-lactam (4-membered cyclic amide) rings is 1. The van der Waals surface area contributed by atoms with E-state index in [4.69, 9.17) is 4.43 Å². The molecule has 2 amide bonds. The van der Waals surface area contributed by atoms with Crippen molar-refractivity contribution in [3.05, 3.63) is 6.54 Å². The van der Waals surface area contributed by atoms with Crippen molar-refractivity contribution in [1.29, 1.82) is 0 Å². The summed E-state index contributed by atoms with van der Waals surface area (Å²) in [6.45, 7) is 15.8. The minimum absolute atomic E-state index is 0.119. The van der Waals surface area contributed by atoms with Crippen LogP contribution in [0, 0.1) is 12.5 Å². The second-order valence-electron chi connectivity index (χ2n) is 6.49. The normalized spacial score (nSPS) is 22.7. The van der Waals surface area contributed by atoms with E-state index < -0.39 is 8.32 Å². The van der Waals surface area contributed by atoms with Crippen molar-refractivity contribution < 1.29 is 14.0 Å². The summed E-state index contributed by atoms with van der Waals surface area (Å²) in [5.41, 5.74) is 0. The van der Waals surface area contributed by atoms with Gasteiger partial charge in [0.2, 0.25) is 11.8 Å². The highest BCUT2D eigenvalue weighted by Gasteiger charge is 2.47. The van der Waals surface area contributed by atoms with Crippen LogP contribution < -0.4 is 0 Å². The van der Waals surface area contributed by atoms with Crippen LogP contribution in [0.25, 0.3) is 0 Å². The number of likely N-dealkylation sites (tertiary alicyclic amines) is 1. The fraction of sp³-hybridized carbons (Fsp3) is 0.769. The van der Waals surface area contributed by atoms with Crippen LogP contribution in [-0.2, 0) is 14.0 Å². The largest absolute Gasteiger partial charge is 0.413 e. The SMILES string of the molecule is CC(=O)N1[CH]C([C@@H](C)O[Si](C)(C)C(C)(C)C)C1=O. The molecule has 0 aromatic rings. The van der Waals surface area contributed by atoms with Crippen LogP contribution >= 0.6 is 0 Å². The van der Waals surface area contributed by atoms with Gasteiger partial charge in [0, 0.05) is 6.92 Å². The number of carbonyl (C=O) groups is 2. The lowest BCUT2D eigenvalue weighted by atomic mass is 9.93. The number of carbonyl (C=O) groups excluding carboxylic acids is 2. The molecular weight excluding hydrogens is 246 g/mol. The van der Waals surface area contributed by atoms with E-state index in [0.29, 0.717) is 0 Å². The van der Waals surface area contributed by atoms with E-state index in [2.05, 4.69) is 33.9 Å². The van der Waals surface area contributed by atoms with E-state index >= 15 is 0 Å². The van der Waals surface area contributed by atoms with Gasteiger partial charge in [-0.1, -0.05) is 20.8 Å². The molecule has 1 heterocycles. The Bertz CT molecular complexity index is 360. The summed E-state index contributed by atoms with van der Waals surface area (Å²) in [4.78, 5) is 24.0. The average Bonchev–Trinajstić information content (AvgIpc) is 2.11. The van der Waals surface area contributed by atoms with Crippen LogP contribution in [-0.4, -0.2) is 31.1 Å². The molecule has 0 aliphatic carbocycles.